The highest BCUT2D eigenvalue weighted by Gasteiger charge is 2.34. The van der Waals surface area contributed by atoms with Crippen molar-refractivity contribution >= 4 is 5.91 Å². The molecule has 3 nitrogen and oxygen atoms in total. The molecule has 98 valence electrons. The van der Waals surface area contributed by atoms with Crippen molar-refractivity contribution in [1.29, 1.82) is 0 Å². The second kappa shape index (κ2) is 6.39. The first kappa shape index (κ1) is 12.9. The van der Waals surface area contributed by atoms with Crippen molar-refractivity contribution in [2.45, 2.75) is 44.9 Å². The van der Waals surface area contributed by atoms with Gasteiger partial charge in [-0.05, 0) is 38.1 Å². The summed E-state index contributed by atoms with van der Waals surface area (Å²) in [6.45, 7) is 1.63. The summed E-state index contributed by atoms with van der Waals surface area (Å²) < 4.78 is 0. The van der Waals surface area contributed by atoms with Gasteiger partial charge >= 0.3 is 0 Å². The summed E-state index contributed by atoms with van der Waals surface area (Å²) >= 11 is 0. The molecule has 0 bridgehead atoms. The van der Waals surface area contributed by atoms with Gasteiger partial charge in [-0.1, -0.05) is 25.7 Å². The zero-order valence-corrected chi connectivity index (χ0v) is 11.0. The van der Waals surface area contributed by atoms with Gasteiger partial charge in [0.2, 0.25) is 5.91 Å². The molecular weight excluding hydrogens is 212 g/mol. The lowest BCUT2D eigenvalue weighted by Crippen LogP contribution is -2.39. The van der Waals surface area contributed by atoms with Crippen LogP contribution in [0.25, 0.3) is 0 Å². The summed E-state index contributed by atoms with van der Waals surface area (Å²) in [5.41, 5.74) is 0. The van der Waals surface area contributed by atoms with Crippen LogP contribution in [0.2, 0.25) is 0 Å². The van der Waals surface area contributed by atoms with E-state index in [0.29, 0.717) is 11.8 Å². The number of fused-ring (bicyclic) bond motifs is 1. The first-order valence-corrected chi connectivity index (χ1v) is 7.23. The van der Waals surface area contributed by atoms with E-state index in [0.717, 1.165) is 37.8 Å². The molecule has 0 heterocycles. The molecule has 1 amide bonds. The molecule has 2 fully saturated rings. The number of hydrogen-bond donors (Lipinski definition) is 2. The number of carbonyl (C=O) groups excluding carboxylic acids is 1. The second-order valence-corrected chi connectivity index (χ2v) is 5.71. The third-order valence-corrected chi connectivity index (χ3v) is 4.58. The van der Waals surface area contributed by atoms with E-state index in [1.807, 2.05) is 7.05 Å². The molecule has 0 aromatic carbocycles. The maximum Gasteiger partial charge on any atom is 0.223 e. The number of amides is 1. The van der Waals surface area contributed by atoms with E-state index in [9.17, 15) is 4.79 Å². The van der Waals surface area contributed by atoms with E-state index in [-0.39, 0.29) is 0 Å². The summed E-state index contributed by atoms with van der Waals surface area (Å²) in [5, 5.41) is 6.10. The van der Waals surface area contributed by atoms with E-state index in [1.54, 1.807) is 0 Å². The molecule has 0 radical (unpaired) electrons. The van der Waals surface area contributed by atoms with Crippen molar-refractivity contribution in [2.24, 2.45) is 17.8 Å². The monoisotopic (exact) mass is 238 g/mol. The number of likely N-dealkylation sites (N-methyl/N-ethyl adjacent to an activating group) is 1. The molecule has 0 aromatic rings. The van der Waals surface area contributed by atoms with Crippen LogP contribution in [0.3, 0.4) is 0 Å². The predicted octanol–water partition coefficient (Wildman–Crippen LogP) is 1.93. The first-order valence-electron chi connectivity index (χ1n) is 7.23. The fourth-order valence-electron chi connectivity index (χ4n) is 3.57. The van der Waals surface area contributed by atoms with Crippen molar-refractivity contribution in [1.82, 2.24) is 10.6 Å². The predicted molar refractivity (Wildman–Crippen MR) is 69.7 cm³/mol. The average Bonchev–Trinajstić information content (AvgIpc) is 2.38. The maximum atomic E-state index is 12.0. The molecule has 0 aromatic heterocycles. The molecule has 2 N–H and O–H groups in total. The van der Waals surface area contributed by atoms with E-state index >= 15 is 0 Å². The molecule has 0 spiro atoms. The second-order valence-electron chi connectivity index (χ2n) is 5.71. The molecule has 0 saturated heterocycles. The number of hydrogen-bond acceptors (Lipinski definition) is 2. The Hall–Kier alpha value is -0.570. The summed E-state index contributed by atoms with van der Waals surface area (Å²) in [4.78, 5) is 12.0. The molecule has 3 heteroatoms. The van der Waals surface area contributed by atoms with E-state index < -0.39 is 0 Å². The normalized spacial score (nSPS) is 32.9. The first-order chi connectivity index (χ1) is 8.31. The van der Waals surface area contributed by atoms with Gasteiger partial charge in [0, 0.05) is 19.0 Å². The quantitative estimate of drug-likeness (QED) is 0.735. The number of carbonyl (C=O) groups is 1. The lowest BCUT2D eigenvalue weighted by molar-refractivity contribution is -0.127. The van der Waals surface area contributed by atoms with Gasteiger partial charge in [0.25, 0.3) is 0 Å². The Morgan fingerprint density at radius 3 is 2.59 bits per heavy atom. The van der Waals surface area contributed by atoms with Gasteiger partial charge in [0.15, 0.2) is 0 Å². The topological polar surface area (TPSA) is 41.1 Å². The average molecular weight is 238 g/mol. The van der Waals surface area contributed by atoms with Crippen LogP contribution >= 0.6 is 0 Å². The highest BCUT2D eigenvalue weighted by Crippen LogP contribution is 2.42. The minimum Gasteiger partial charge on any atom is -0.355 e. The fraction of sp³-hybridized carbons (Fsp3) is 0.929. The molecule has 3 unspecified atom stereocenters. The third-order valence-electron chi connectivity index (χ3n) is 4.58. The molecule has 2 aliphatic carbocycles. The van der Waals surface area contributed by atoms with Gasteiger partial charge in [-0.25, -0.2) is 0 Å². The van der Waals surface area contributed by atoms with Crippen molar-refractivity contribution in [3.8, 4) is 0 Å². The van der Waals surface area contributed by atoms with E-state index in [1.165, 1.54) is 32.1 Å². The highest BCUT2D eigenvalue weighted by molar-refractivity contribution is 5.78. The van der Waals surface area contributed by atoms with Crippen molar-refractivity contribution < 1.29 is 4.79 Å². The van der Waals surface area contributed by atoms with Crippen molar-refractivity contribution in [3.63, 3.8) is 0 Å². The van der Waals surface area contributed by atoms with Crippen molar-refractivity contribution in [2.75, 3.05) is 20.1 Å². The summed E-state index contributed by atoms with van der Waals surface area (Å²) in [5.74, 6) is 2.37. The summed E-state index contributed by atoms with van der Waals surface area (Å²) in [6, 6.07) is 0. The van der Waals surface area contributed by atoms with Crippen LogP contribution in [0.15, 0.2) is 0 Å². The van der Waals surface area contributed by atoms with Crippen LogP contribution in [-0.4, -0.2) is 26.0 Å². The lowest BCUT2D eigenvalue weighted by atomic mass is 9.67. The Balaban J connectivity index is 1.76. The molecule has 17 heavy (non-hydrogen) atoms. The van der Waals surface area contributed by atoms with E-state index in [2.05, 4.69) is 10.6 Å². The van der Waals surface area contributed by atoms with Crippen LogP contribution < -0.4 is 10.6 Å². The fourth-order valence-corrected chi connectivity index (χ4v) is 3.57. The van der Waals surface area contributed by atoms with Gasteiger partial charge in [-0.3, -0.25) is 4.79 Å². The largest absolute Gasteiger partial charge is 0.355 e. The molecule has 2 saturated carbocycles. The minimum atomic E-state index is 0.296. The highest BCUT2D eigenvalue weighted by atomic mass is 16.1. The molecule has 0 aliphatic heterocycles. The number of nitrogens with one attached hydrogen (secondary N) is 2. The Morgan fingerprint density at radius 1 is 1.06 bits per heavy atom. The minimum absolute atomic E-state index is 0.296. The van der Waals surface area contributed by atoms with Gasteiger partial charge in [0.05, 0.1) is 0 Å². The Labute approximate surface area is 105 Å². The van der Waals surface area contributed by atoms with Gasteiger partial charge in [-0.2, -0.15) is 0 Å². The maximum absolute atomic E-state index is 12.0. The SMILES string of the molecule is CNCCNC(=O)C1CCC2CCCCC2C1. The zero-order valence-electron chi connectivity index (χ0n) is 11.0. The Kier molecular flexibility index (Phi) is 4.84. The third kappa shape index (κ3) is 3.44. The van der Waals surface area contributed by atoms with Crippen LogP contribution in [-0.2, 0) is 4.79 Å². The Bertz CT molecular complexity index is 255. The van der Waals surface area contributed by atoms with Crippen molar-refractivity contribution in [3.05, 3.63) is 0 Å². The van der Waals surface area contributed by atoms with Gasteiger partial charge in [0.1, 0.15) is 0 Å². The molecule has 2 rings (SSSR count). The smallest absolute Gasteiger partial charge is 0.223 e. The standard InChI is InChI=1S/C14H26N2O/c1-15-8-9-16-14(17)13-7-6-11-4-2-3-5-12(11)10-13/h11-13,15H,2-10H2,1H3,(H,16,17). The molecule has 3 atom stereocenters. The van der Waals surface area contributed by atoms with E-state index in [4.69, 9.17) is 0 Å². The summed E-state index contributed by atoms with van der Waals surface area (Å²) in [6.07, 6.45) is 9.14. The molecular formula is C14H26N2O. The van der Waals surface area contributed by atoms with Crippen LogP contribution in [0, 0.1) is 17.8 Å². The molecule has 2 aliphatic rings. The zero-order chi connectivity index (χ0) is 12.1. The van der Waals surface area contributed by atoms with Crippen LogP contribution in [0.5, 0.6) is 0 Å². The van der Waals surface area contributed by atoms with Gasteiger partial charge < -0.3 is 10.6 Å². The Morgan fingerprint density at radius 2 is 1.82 bits per heavy atom. The van der Waals surface area contributed by atoms with Gasteiger partial charge in [-0.15, -0.1) is 0 Å². The van der Waals surface area contributed by atoms with Crippen LogP contribution in [0.4, 0.5) is 0 Å². The number of rotatable bonds is 4. The lowest BCUT2D eigenvalue weighted by Gasteiger charge is -2.38. The summed E-state index contributed by atoms with van der Waals surface area (Å²) in [7, 11) is 1.92. The van der Waals surface area contributed by atoms with Crippen LogP contribution in [0.1, 0.15) is 44.9 Å².